The van der Waals surface area contributed by atoms with Crippen molar-refractivity contribution < 1.29 is 33.9 Å². The van der Waals surface area contributed by atoms with Crippen LogP contribution in [0.5, 0.6) is 0 Å². The minimum Gasteiger partial charge on any atom is -0.427 e. The van der Waals surface area contributed by atoms with E-state index in [2.05, 4.69) is 14.8 Å². The smallest absolute Gasteiger partial charge is 0.427 e. The maximum absolute atomic E-state index is 11.9. The van der Waals surface area contributed by atoms with Gasteiger partial charge in [0.2, 0.25) is 0 Å². The van der Waals surface area contributed by atoms with Gasteiger partial charge in [-0.25, -0.2) is 14.5 Å². The van der Waals surface area contributed by atoms with Crippen molar-refractivity contribution in [3.05, 3.63) is 34.4 Å². The van der Waals surface area contributed by atoms with Crippen LogP contribution in [0.2, 0.25) is 0 Å². The Morgan fingerprint density at radius 3 is 2.23 bits per heavy atom. The van der Waals surface area contributed by atoms with Crippen LogP contribution in [0.3, 0.4) is 0 Å². The number of carbonyl (C=O) groups excluding carboxylic acids is 2. The molecule has 1 aromatic carbocycles. The van der Waals surface area contributed by atoms with Crippen LogP contribution in [0.4, 0.5) is 4.79 Å². The summed E-state index contributed by atoms with van der Waals surface area (Å²) < 4.78 is 9.52. The first-order chi connectivity index (χ1) is 10.3. The fraction of sp³-hybridized carbons (Fsp3) is 0.467. The van der Waals surface area contributed by atoms with Crippen molar-refractivity contribution in [1.29, 1.82) is 0 Å². The van der Waals surface area contributed by atoms with Crippen molar-refractivity contribution in [2.24, 2.45) is 0 Å². The topological polar surface area (TPSA) is 80.3 Å². The normalized spacial score (nSPS) is 11.7. The standard InChI is InChI=1S/C15H20O7/c1-9-6-10(2)13(11(3)7-9)14(16)20-22-21-15(17)19-12(4)8-18-5/h6-7,12H,8H2,1-5H3. The Hall–Kier alpha value is -2.12. The average molecular weight is 312 g/mol. The number of hydrogen-bond acceptors (Lipinski definition) is 7. The highest BCUT2D eigenvalue weighted by molar-refractivity contribution is 5.92. The highest BCUT2D eigenvalue weighted by atomic mass is 17.5. The Morgan fingerprint density at radius 2 is 1.68 bits per heavy atom. The van der Waals surface area contributed by atoms with Gasteiger partial charge in [-0.3, -0.25) is 4.89 Å². The van der Waals surface area contributed by atoms with Crippen molar-refractivity contribution in [3.8, 4) is 0 Å². The monoisotopic (exact) mass is 312 g/mol. The molecule has 0 aliphatic heterocycles. The van der Waals surface area contributed by atoms with Gasteiger partial charge >= 0.3 is 12.1 Å². The highest BCUT2D eigenvalue weighted by Gasteiger charge is 2.18. The molecule has 0 aromatic heterocycles. The summed E-state index contributed by atoms with van der Waals surface area (Å²) in [7, 11) is 1.47. The molecule has 0 radical (unpaired) electrons. The molecule has 0 amide bonds. The van der Waals surface area contributed by atoms with Crippen LogP contribution in [-0.4, -0.2) is 31.9 Å². The van der Waals surface area contributed by atoms with Crippen molar-refractivity contribution in [2.45, 2.75) is 33.8 Å². The second-order valence-electron chi connectivity index (χ2n) is 4.93. The van der Waals surface area contributed by atoms with Crippen LogP contribution in [-0.2, 0) is 24.3 Å². The molecule has 0 fully saturated rings. The fourth-order valence-corrected chi connectivity index (χ4v) is 2.07. The zero-order chi connectivity index (χ0) is 16.7. The molecular weight excluding hydrogens is 292 g/mol. The molecule has 0 saturated heterocycles. The van der Waals surface area contributed by atoms with Crippen molar-refractivity contribution in [3.63, 3.8) is 0 Å². The largest absolute Gasteiger partial charge is 0.543 e. The number of benzene rings is 1. The quantitative estimate of drug-likeness (QED) is 0.454. The number of ether oxygens (including phenoxy) is 2. The predicted octanol–water partition coefficient (Wildman–Crippen LogP) is 2.80. The molecule has 0 bridgehead atoms. The fourth-order valence-electron chi connectivity index (χ4n) is 2.07. The Kier molecular flexibility index (Phi) is 6.81. The van der Waals surface area contributed by atoms with E-state index in [1.54, 1.807) is 20.8 Å². The first kappa shape index (κ1) is 17.9. The van der Waals surface area contributed by atoms with E-state index in [9.17, 15) is 9.59 Å². The summed E-state index contributed by atoms with van der Waals surface area (Å²) in [6.45, 7) is 7.29. The third-order valence-corrected chi connectivity index (χ3v) is 2.79. The molecule has 1 rings (SSSR count). The minimum absolute atomic E-state index is 0.205. The van der Waals surface area contributed by atoms with E-state index >= 15 is 0 Å². The highest BCUT2D eigenvalue weighted by Crippen LogP contribution is 2.17. The summed E-state index contributed by atoms with van der Waals surface area (Å²) in [6, 6.07) is 3.68. The van der Waals surface area contributed by atoms with Gasteiger partial charge in [0.25, 0.3) is 0 Å². The lowest BCUT2D eigenvalue weighted by Crippen LogP contribution is -2.21. The lowest BCUT2D eigenvalue weighted by Gasteiger charge is -2.11. The van der Waals surface area contributed by atoms with E-state index in [1.807, 2.05) is 19.1 Å². The van der Waals surface area contributed by atoms with Crippen molar-refractivity contribution in [1.82, 2.24) is 0 Å². The maximum atomic E-state index is 11.9. The van der Waals surface area contributed by atoms with Crippen LogP contribution >= 0.6 is 0 Å². The molecule has 0 N–H and O–H groups in total. The zero-order valence-corrected chi connectivity index (χ0v) is 13.3. The Labute approximate surface area is 128 Å². The molecule has 122 valence electrons. The number of rotatable bonds is 6. The van der Waals surface area contributed by atoms with Gasteiger partial charge in [0.15, 0.2) is 0 Å². The Balaban J connectivity index is 2.49. The van der Waals surface area contributed by atoms with Gasteiger partial charge in [-0.05, 0) is 38.8 Å². The van der Waals surface area contributed by atoms with Gasteiger partial charge in [0.1, 0.15) is 6.10 Å². The van der Waals surface area contributed by atoms with Gasteiger partial charge < -0.3 is 9.47 Å². The molecular formula is C15H20O7. The van der Waals surface area contributed by atoms with Crippen LogP contribution in [0, 0.1) is 20.8 Å². The van der Waals surface area contributed by atoms with Crippen LogP contribution in [0.1, 0.15) is 34.0 Å². The molecule has 0 aliphatic rings. The summed E-state index contributed by atoms with van der Waals surface area (Å²) in [5.41, 5.74) is 2.86. The summed E-state index contributed by atoms with van der Waals surface area (Å²) in [6.07, 6.45) is -1.65. The molecule has 0 spiro atoms. The van der Waals surface area contributed by atoms with Gasteiger partial charge in [0, 0.05) is 7.11 Å². The molecule has 0 aliphatic carbocycles. The Bertz CT molecular complexity index is 516. The molecule has 1 aromatic rings. The Morgan fingerprint density at radius 1 is 1.09 bits per heavy atom. The van der Waals surface area contributed by atoms with E-state index in [1.165, 1.54) is 7.11 Å². The first-order valence-electron chi connectivity index (χ1n) is 6.68. The van der Waals surface area contributed by atoms with E-state index in [-0.39, 0.29) is 6.61 Å². The van der Waals surface area contributed by atoms with E-state index in [0.717, 1.165) is 16.7 Å². The van der Waals surface area contributed by atoms with Crippen LogP contribution in [0.15, 0.2) is 12.1 Å². The SMILES string of the molecule is COCC(C)OC(=O)OOOC(=O)c1c(C)cc(C)cc1C. The molecule has 7 heteroatoms. The number of aryl methyl sites for hydroxylation is 3. The lowest BCUT2D eigenvalue weighted by atomic mass is 10.0. The summed E-state index contributed by atoms with van der Waals surface area (Å²) in [4.78, 5) is 31.8. The van der Waals surface area contributed by atoms with Gasteiger partial charge in [0.05, 0.1) is 17.2 Å². The van der Waals surface area contributed by atoms with Crippen LogP contribution in [0.25, 0.3) is 0 Å². The van der Waals surface area contributed by atoms with Crippen molar-refractivity contribution >= 4 is 12.1 Å². The van der Waals surface area contributed by atoms with Crippen molar-refractivity contribution in [2.75, 3.05) is 13.7 Å². The lowest BCUT2D eigenvalue weighted by molar-refractivity contribution is -0.453. The number of methoxy groups -OCH3 is 1. The average Bonchev–Trinajstić information content (AvgIpc) is 2.37. The van der Waals surface area contributed by atoms with Gasteiger partial charge in [-0.1, -0.05) is 17.7 Å². The number of hydrogen-bond donors (Lipinski definition) is 0. The third kappa shape index (κ3) is 5.34. The zero-order valence-electron chi connectivity index (χ0n) is 13.3. The van der Waals surface area contributed by atoms with Gasteiger partial charge in [-0.15, -0.1) is 0 Å². The third-order valence-electron chi connectivity index (χ3n) is 2.79. The van der Waals surface area contributed by atoms with E-state index < -0.39 is 18.2 Å². The van der Waals surface area contributed by atoms with E-state index in [4.69, 9.17) is 9.47 Å². The molecule has 0 heterocycles. The summed E-state index contributed by atoms with van der Waals surface area (Å²) in [5.74, 6) is -0.757. The minimum atomic E-state index is -1.13. The second-order valence-corrected chi connectivity index (χ2v) is 4.93. The summed E-state index contributed by atoms with van der Waals surface area (Å²) in [5, 5.41) is 4.17. The molecule has 7 nitrogen and oxygen atoms in total. The first-order valence-corrected chi connectivity index (χ1v) is 6.68. The van der Waals surface area contributed by atoms with Crippen LogP contribution < -0.4 is 0 Å². The molecule has 1 unspecified atom stereocenters. The predicted molar refractivity (Wildman–Crippen MR) is 76.1 cm³/mol. The summed E-state index contributed by atoms with van der Waals surface area (Å²) >= 11 is 0. The second kappa shape index (κ2) is 8.35. The van der Waals surface area contributed by atoms with E-state index in [0.29, 0.717) is 5.56 Å². The molecule has 1 atom stereocenters. The van der Waals surface area contributed by atoms with Gasteiger partial charge in [-0.2, -0.15) is 0 Å². The number of carbonyl (C=O) groups is 2. The maximum Gasteiger partial charge on any atom is 0.543 e. The molecule has 0 saturated carbocycles. The molecule has 22 heavy (non-hydrogen) atoms.